The molecule has 110 valence electrons. The lowest BCUT2D eigenvalue weighted by atomic mass is 10.2. The Bertz CT molecular complexity index is 526. The second-order valence-electron chi connectivity index (χ2n) is 4.89. The predicted molar refractivity (Wildman–Crippen MR) is 81.6 cm³/mol. The van der Waals surface area contributed by atoms with E-state index in [0.29, 0.717) is 17.7 Å². The van der Waals surface area contributed by atoms with E-state index >= 15 is 0 Å². The zero-order valence-corrected chi connectivity index (χ0v) is 12.5. The quantitative estimate of drug-likeness (QED) is 0.554. The monoisotopic (exact) mass is 296 g/mol. The molecule has 0 bridgehead atoms. The zero-order valence-electron chi connectivity index (χ0n) is 11.7. The van der Waals surface area contributed by atoms with Crippen molar-refractivity contribution in [2.45, 2.75) is 44.8 Å². The highest BCUT2D eigenvalue weighted by molar-refractivity contribution is 7.93. The largest absolute Gasteiger partial charge is 0.367 e. The maximum atomic E-state index is 12.0. The Morgan fingerprint density at radius 1 is 1.55 bits per heavy atom. The third-order valence-corrected chi connectivity index (χ3v) is 3.92. The molecule has 1 atom stereocenters. The van der Waals surface area contributed by atoms with Gasteiger partial charge in [0.15, 0.2) is 0 Å². The summed E-state index contributed by atoms with van der Waals surface area (Å²) in [6.07, 6.45) is 7.11. The first-order valence-electron chi connectivity index (χ1n) is 6.76. The molecule has 1 aliphatic rings. The lowest BCUT2D eigenvalue weighted by Crippen LogP contribution is -2.25. The van der Waals surface area contributed by atoms with E-state index in [0.717, 1.165) is 19.1 Å². The highest BCUT2D eigenvalue weighted by atomic mass is 32.2. The highest BCUT2D eigenvalue weighted by Gasteiger charge is 2.19. The Hall–Kier alpha value is -1.34. The molecule has 1 aliphatic carbocycles. The third-order valence-electron chi connectivity index (χ3n) is 3.44. The van der Waals surface area contributed by atoms with E-state index in [1.165, 1.54) is 24.9 Å². The molecule has 0 radical (unpaired) electrons. The minimum atomic E-state index is -0.304. The van der Waals surface area contributed by atoms with Crippen LogP contribution >= 0.6 is 12.0 Å². The van der Waals surface area contributed by atoms with Gasteiger partial charge in [0, 0.05) is 18.5 Å². The smallest absolute Gasteiger partial charge is 0.261 e. The summed E-state index contributed by atoms with van der Waals surface area (Å²) in [5.41, 5.74) is -0.0287. The number of anilines is 1. The summed E-state index contributed by atoms with van der Waals surface area (Å²) in [5, 5.41) is 10.7. The molecule has 1 unspecified atom stereocenters. The third kappa shape index (κ3) is 3.40. The molecular weight excluding hydrogens is 276 g/mol. The van der Waals surface area contributed by atoms with Crippen molar-refractivity contribution >= 4 is 24.1 Å². The van der Waals surface area contributed by atoms with Gasteiger partial charge in [0.1, 0.15) is 17.7 Å². The van der Waals surface area contributed by atoms with E-state index in [1.54, 1.807) is 0 Å². The van der Waals surface area contributed by atoms with Crippen LogP contribution in [0.15, 0.2) is 4.79 Å². The number of nitrogens with zero attached hydrogens (tertiary/aromatic N) is 1. The van der Waals surface area contributed by atoms with Crippen LogP contribution in [0.25, 0.3) is 0 Å². The molecule has 1 heterocycles. The van der Waals surface area contributed by atoms with Crippen molar-refractivity contribution in [3.63, 3.8) is 0 Å². The van der Waals surface area contributed by atoms with Gasteiger partial charge in [-0.2, -0.15) is 0 Å². The molecule has 3 N–H and O–H groups in total. The number of H-pyrrole nitrogens is 1. The molecule has 1 fully saturated rings. The van der Waals surface area contributed by atoms with E-state index in [-0.39, 0.29) is 17.2 Å². The molecule has 0 aromatic carbocycles. The average molecular weight is 296 g/mol. The lowest BCUT2D eigenvalue weighted by molar-refractivity contribution is 0.261. The van der Waals surface area contributed by atoms with E-state index in [2.05, 4.69) is 15.3 Å². The van der Waals surface area contributed by atoms with Crippen LogP contribution in [-0.4, -0.2) is 28.5 Å². The minimum Gasteiger partial charge on any atom is -0.367 e. The number of nitrogens with one attached hydrogen (secondary N) is 3. The number of aromatic nitrogens is 2. The van der Waals surface area contributed by atoms with E-state index in [4.69, 9.17) is 9.59 Å². The Morgan fingerprint density at radius 2 is 2.25 bits per heavy atom. The van der Waals surface area contributed by atoms with Crippen LogP contribution < -0.4 is 10.9 Å². The Balaban J connectivity index is 2.30. The summed E-state index contributed by atoms with van der Waals surface area (Å²) < 4.78 is 5.38. The number of hydrogen-bond donors (Lipinski definition) is 3. The van der Waals surface area contributed by atoms with Crippen LogP contribution in [0.3, 0.4) is 0 Å². The molecule has 1 saturated carbocycles. The summed E-state index contributed by atoms with van der Waals surface area (Å²) in [6.45, 7) is 1.83. The van der Waals surface area contributed by atoms with Crippen molar-refractivity contribution in [2.75, 3.05) is 11.6 Å². The molecule has 0 amide bonds. The Labute approximate surface area is 122 Å². The van der Waals surface area contributed by atoms with Crippen molar-refractivity contribution in [1.82, 2.24) is 9.97 Å². The van der Waals surface area contributed by atoms with Gasteiger partial charge in [-0.25, -0.2) is 4.98 Å². The van der Waals surface area contributed by atoms with Gasteiger partial charge in [-0.15, -0.1) is 0 Å². The summed E-state index contributed by atoms with van der Waals surface area (Å²) >= 11 is 1.23. The second kappa shape index (κ2) is 6.90. The fourth-order valence-electron chi connectivity index (χ4n) is 2.39. The topological polar surface area (TPSA) is 90.9 Å². The first-order chi connectivity index (χ1) is 9.65. The molecule has 7 heteroatoms. The van der Waals surface area contributed by atoms with Crippen LogP contribution in [0.4, 0.5) is 5.82 Å². The Kier molecular flexibility index (Phi) is 5.19. The first kappa shape index (κ1) is 15.1. The van der Waals surface area contributed by atoms with E-state index < -0.39 is 0 Å². The minimum absolute atomic E-state index is 0.275. The van der Waals surface area contributed by atoms with Crippen molar-refractivity contribution < 1.29 is 4.18 Å². The number of aromatic amines is 1. The fourth-order valence-corrected chi connectivity index (χ4v) is 2.77. The molecule has 6 nitrogen and oxygen atoms in total. The molecule has 1 aromatic heterocycles. The Morgan fingerprint density at radius 3 is 2.85 bits per heavy atom. The van der Waals surface area contributed by atoms with Gasteiger partial charge in [-0.3, -0.25) is 4.79 Å². The van der Waals surface area contributed by atoms with Crippen LogP contribution in [0.5, 0.6) is 0 Å². The highest BCUT2D eigenvalue weighted by Crippen LogP contribution is 2.23. The summed E-state index contributed by atoms with van der Waals surface area (Å²) in [4.78, 5) is 19.1. The molecule has 1 aromatic rings. The van der Waals surface area contributed by atoms with Gasteiger partial charge < -0.3 is 19.9 Å². The SMILES string of the molecule is CSOC(C)c1nc(NC2CCCC2)c(C=N)c(=O)[nH]1. The lowest BCUT2D eigenvalue weighted by Gasteiger charge is -2.16. The van der Waals surface area contributed by atoms with Crippen molar-refractivity contribution in [3.05, 3.63) is 21.7 Å². The molecule has 0 aliphatic heterocycles. The molecule has 2 rings (SSSR count). The number of rotatable bonds is 6. The average Bonchev–Trinajstić information content (AvgIpc) is 2.91. The molecule has 0 saturated heterocycles. The van der Waals surface area contributed by atoms with Crippen LogP contribution in [0.2, 0.25) is 0 Å². The normalized spacial score (nSPS) is 17.1. The first-order valence-corrected chi connectivity index (χ1v) is 7.91. The molecule has 0 spiro atoms. The van der Waals surface area contributed by atoms with Crippen LogP contribution in [-0.2, 0) is 4.18 Å². The summed E-state index contributed by atoms with van der Waals surface area (Å²) in [6, 6.07) is 0.340. The van der Waals surface area contributed by atoms with Gasteiger partial charge in [-0.05, 0) is 31.8 Å². The van der Waals surface area contributed by atoms with E-state index in [1.807, 2.05) is 13.2 Å². The second-order valence-corrected chi connectivity index (χ2v) is 5.41. The molecular formula is C13H20N4O2S. The van der Waals surface area contributed by atoms with Crippen LogP contribution in [0, 0.1) is 5.41 Å². The van der Waals surface area contributed by atoms with Crippen molar-refractivity contribution in [3.8, 4) is 0 Å². The van der Waals surface area contributed by atoms with Crippen molar-refractivity contribution in [2.24, 2.45) is 0 Å². The predicted octanol–water partition coefficient (Wildman–Crippen LogP) is 2.48. The van der Waals surface area contributed by atoms with Gasteiger partial charge in [0.2, 0.25) is 0 Å². The molecule has 20 heavy (non-hydrogen) atoms. The van der Waals surface area contributed by atoms with Crippen molar-refractivity contribution in [1.29, 1.82) is 5.41 Å². The standard InChI is InChI=1S/C13H20N4O2S/c1-8(19-20-2)11-16-12(10(7-14)13(18)17-11)15-9-5-3-4-6-9/h7-9,14H,3-6H2,1-2H3,(H2,15,16,17,18). The summed E-state index contributed by atoms with van der Waals surface area (Å²) in [7, 11) is 0. The van der Waals surface area contributed by atoms with Gasteiger partial charge >= 0.3 is 0 Å². The van der Waals surface area contributed by atoms with Gasteiger partial charge in [-0.1, -0.05) is 12.8 Å². The maximum Gasteiger partial charge on any atom is 0.261 e. The maximum absolute atomic E-state index is 12.0. The van der Waals surface area contributed by atoms with Gasteiger partial charge in [0.25, 0.3) is 5.56 Å². The fraction of sp³-hybridized carbons (Fsp3) is 0.615. The summed E-state index contributed by atoms with van der Waals surface area (Å²) in [5.74, 6) is 0.970. The van der Waals surface area contributed by atoms with Gasteiger partial charge in [0.05, 0.1) is 5.56 Å². The van der Waals surface area contributed by atoms with Crippen LogP contribution in [0.1, 0.15) is 50.1 Å². The van der Waals surface area contributed by atoms with E-state index in [9.17, 15) is 4.79 Å². The zero-order chi connectivity index (χ0) is 14.5. The number of hydrogen-bond acceptors (Lipinski definition) is 6.